The number of fused-ring (bicyclic) bond motifs is 5. The molecule has 0 aromatic heterocycles. The molecular formula is C18H26O3. The third-order valence-electron chi connectivity index (χ3n) is 7.12. The van der Waals surface area contributed by atoms with E-state index in [9.17, 15) is 10.2 Å². The van der Waals surface area contributed by atoms with E-state index in [2.05, 4.69) is 26.0 Å². The van der Waals surface area contributed by atoms with Gasteiger partial charge in [0.25, 0.3) is 0 Å². The zero-order chi connectivity index (χ0) is 14.8. The van der Waals surface area contributed by atoms with Crippen LogP contribution in [0.3, 0.4) is 0 Å². The summed E-state index contributed by atoms with van der Waals surface area (Å²) in [7, 11) is 0. The molecule has 3 aliphatic carbocycles. The molecule has 4 rings (SSSR count). The summed E-state index contributed by atoms with van der Waals surface area (Å²) < 4.78 is 5.68. The molecule has 0 spiro atoms. The molecule has 1 aliphatic heterocycles. The Hall–Kier alpha value is -0.800. The minimum atomic E-state index is -0.789. The minimum absolute atomic E-state index is 0.0724. The Bertz CT molecular complexity index is 511. The summed E-state index contributed by atoms with van der Waals surface area (Å²) in [6, 6.07) is 0. The van der Waals surface area contributed by atoms with Gasteiger partial charge in [-0.3, -0.25) is 0 Å². The summed E-state index contributed by atoms with van der Waals surface area (Å²) in [6.45, 7) is 4.55. The molecule has 3 nitrogen and oxygen atoms in total. The van der Waals surface area contributed by atoms with Crippen LogP contribution in [0.2, 0.25) is 0 Å². The Morgan fingerprint density at radius 3 is 2.76 bits per heavy atom. The van der Waals surface area contributed by atoms with Crippen molar-refractivity contribution in [2.45, 2.75) is 58.3 Å². The predicted molar refractivity (Wildman–Crippen MR) is 80.1 cm³/mol. The van der Waals surface area contributed by atoms with E-state index >= 15 is 0 Å². The highest BCUT2D eigenvalue weighted by Crippen LogP contribution is 2.63. The van der Waals surface area contributed by atoms with Crippen LogP contribution >= 0.6 is 0 Å². The second-order valence-corrected chi connectivity index (χ2v) is 7.97. The topological polar surface area (TPSA) is 49.7 Å². The van der Waals surface area contributed by atoms with Crippen LogP contribution in [-0.4, -0.2) is 22.6 Å². The summed E-state index contributed by atoms with van der Waals surface area (Å²) in [5.41, 5.74) is 0.0403. The molecule has 4 aliphatic rings. The monoisotopic (exact) mass is 290 g/mol. The van der Waals surface area contributed by atoms with Gasteiger partial charge in [0.05, 0.1) is 6.10 Å². The van der Waals surface area contributed by atoms with Crippen molar-refractivity contribution in [2.75, 3.05) is 0 Å². The van der Waals surface area contributed by atoms with Gasteiger partial charge < -0.3 is 14.9 Å². The fourth-order valence-corrected chi connectivity index (χ4v) is 5.81. The minimum Gasteiger partial charge on any atom is -0.465 e. The Labute approximate surface area is 126 Å². The molecule has 21 heavy (non-hydrogen) atoms. The number of hydrogen-bond donors (Lipinski definition) is 2. The van der Waals surface area contributed by atoms with Crippen molar-refractivity contribution in [1.82, 2.24) is 0 Å². The molecule has 0 aromatic carbocycles. The van der Waals surface area contributed by atoms with Gasteiger partial charge in [0.15, 0.2) is 0 Å². The lowest BCUT2D eigenvalue weighted by Gasteiger charge is -2.55. The Morgan fingerprint density at radius 1 is 1.14 bits per heavy atom. The first-order valence-electron chi connectivity index (χ1n) is 8.38. The summed E-state index contributed by atoms with van der Waals surface area (Å²) in [4.78, 5) is 0. The van der Waals surface area contributed by atoms with Gasteiger partial charge in [-0.2, -0.15) is 0 Å². The van der Waals surface area contributed by atoms with Crippen LogP contribution in [-0.2, 0) is 4.74 Å². The van der Waals surface area contributed by atoms with Crippen molar-refractivity contribution < 1.29 is 14.9 Å². The molecule has 0 radical (unpaired) electrons. The van der Waals surface area contributed by atoms with E-state index in [4.69, 9.17) is 4.74 Å². The van der Waals surface area contributed by atoms with Crippen LogP contribution in [0.25, 0.3) is 0 Å². The first-order chi connectivity index (χ1) is 9.95. The van der Waals surface area contributed by atoms with Crippen molar-refractivity contribution in [3.8, 4) is 0 Å². The number of hydrogen-bond acceptors (Lipinski definition) is 3. The molecule has 1 heterocycles. The van der Waals surface area contributed by atoms with Crippen LogP contribution in [0.15, 0.2) is 24.0 Å². The number of allylic oxidation sites excluding steroid dienone is 2. The van der Waals surface area contributed by atoms with Crippen molar-refractivity contribution in [1.29, 1.82) is 0 Å². The largest absolute Gasteiger partial charge is 0.465 e. The van der Waals surface area contributed by atoms with Crippen LogP contribution in [0.1, 0.15) is 46.0 Å². The lowest BCUT2D eigenvalue weighted by atomic mass is 9.51. The highest BCUT2D eigenvalue weighted by atomic mass is 16.6. The molecular weight excluding hydrogens is 264 g/mol. The van der Waals surface area contributed by atoms with Gasteiger partial charge in [-0.15, -0.1) is 0 Å². The summed E-state index contributed by atoms with van der Waals surface area (Å²) in [6.07, 6.45) is 10.6. The Kier molecular flexibility index (Phi) is 2.87. The molecule has 116 valence electrons. The molecule has 7 atom stereocenters. The molecule has 2 N–H and O–H groups in total. The smallest absolute Gasteiger partial charge is 0.216 e. The Morgan fingerprint density at radius 2 is 1.95 bits per heavy atom. The summed E-state index contributed by atoms with van der Waals surface area (Å²) >= 11 is 0. The van der Waals surface area contributed by atoms with E-state index in [1.807, 2.05) is 0 Å². The Balaban J connectivity index is 1.71. The zero-order valence-corrected chi connectivity index (χ0v) is 13.0. The fraction of sp³-hybridized carbons (Fsp3) is 0.778. The van der Waals surface area contributed by atoms with Crippen molar-refractivity contribution in [3.63, 3.8) is 0 Å². The zero-order valence-electron chi connectivity index (χ0n) is 13.0. The molecule has 2 fully saturated rings. The normalized spacial score (nSPS) is 55.0. The van der Waals surface area contributed by atoms with Crippen molar-refractivity contribution in [2.24, 2.45) is 28.6 Å². The molecule has 3 heteroatoms. The SMILES string of the molecule is C[C@]12CC[C@H]3[C@@H](CC=C4O[C@@H](O)C=C[C@@]43C)[C@@H]1CC[C@@H]2O. The maximum Gasteiger partial charge on any atom is 0.216 e. The maximum atomic E-state index is 10.4. The predicted octanol–water partition coefficient (Wildman–Crippen LogP) is 2.99. The molecule has 0 saturated heterocycles. The summed E-state index contributed by atoms with van der Waals surface area (Å²) in [5, 5.41) is 20.1. The van der Waals surface area contributed by atoms with E-state index in [1.165, 1.54) is 0 Å². The van der Waals surface area contributed by atoms with E-state index in [0.29, 0.717) is 17.8 Å². The quantitative estimate of drug-likeness (QED) is 0.674. The van der Waals surface area contributed by atoms with Crippen LogP contribution in [0, 0.1) is 28.6 Å². The van der Waals surface area contributed by atoms with Crippen LogP contribution in [0.5, 0.6) is 0 Å². The maximum absolute atomic E-state index is 10.4. The van der Waals surface area contributed by atoms with Crippen molar-refractivity contribution in [3.05, 3.63) is 24.0 Å². The van der Waals surface area contributed by atoms with Gasteiger partial charge in [-0.25, -0.2) is 0 Å². The lowest BCUT2D eigenvalue weighted by molar-refractivity contribution is -0.0989. The third-order valence-corrected chi connectivity index (χ3v) is 7.12. The van der Waals surface area contributed by atoms with E-state index < -0.39 is 6.29 Å². The van der Waals surface area contributed by atoms with E-state index in [-0.39, 0.29) is 16.9 Å². The van der Waals surface area contributed by atoms with E-state index in [1.54, 1.807) is 6.08 Å². The number of aliphatic hydroxyl groups excluding tert-OH is 2. The summed E-state index contributed by atoms with van der Waals surface area (Å²) in [5.74, 6) is 2.80. The molecule has 0 bridgehead atoms. The second-order valence-electron chi connectivity index (χ2n) is 7.97. The molecule has 0 amide bonds. The highest BCUT2D eigenvalue weighted by Gasteiger charge is 2.58. The van der Waals surface area contributed by atoms with Crippen molar-refractivity contribution >= 4 is 0 Å². The third kappa shape index (κ3) is 1.74. The first-order valence-corrected chi connectivity index (χ1v) is 8.38. The lowest BCUT2D eigenvalue weighted by Crippen LogP contribution is -2.50. The van der Waals surface area contributed by atoms with Gasteiger partial charge in [-0.1, -0.05) is 13.0 Å². The number of ether oxygens (including phenoxy) is 1. The average molecular weight is 290 g/mol. The van der Waals surface area contributed by atoms with Crippen LogP contribution < -0.4 is 0 Å². The number of rotatable bonds is 0. The van der Waals surface area contributed by atoms with Gasteiger partial charge in [-0.05, 0) is 74.3 Å². The molecule has 0 unspecified atom stereocenters. The average Bonchev–Trinajstić information content (AvgIpc) is 2.76. The molecule has 2 saturated carbocycles. The van der Waals surface area contributed by atoms with Gasteiger partial charge in [0.1, 0.15) is 5.76 Å². The number of aliphatic hydroxyl groups is 2. The fourth-order valence-electron chi connectivity index (χ4n) is 5.81. The van der Waals surface area contributed by atoms with Gasteiger partial charge in [0, 0.05) is 5.41 Å². The van der Waals surface area contributed by atoms with Gasteiger partial charge >= 0.3 is 0 Å². The first kappa shape index (κ1) is 13.8. The second kappa shape index (κ2) is 4.36. The van der Waals surface area contributed by atoms with Crippen LogP contribution in [0.4, 0.5) is 0 Å². The van der Waals surface area contributed by atoms with Gasteiger partial charge in [0.2, 0.25) is 6.29 Å². The standard InChI is InChI=1S/C18H26O3/c1-17-9-7-13-11(12(17)4-5-14(17)19)3-6-15-18(13,2)10-8-16(20)21-15/h6,8,10-14,16,19-20H,3-5,7,9H2,1-2H3/t11-,12-,13-,14-,16+,17-,18+/m0/s1. The highest BCUT2D eigenvalue weighted by molar-refractivity contribution is 5.27. The molecule has 0 aromatic rings. The van der Waals surface area contributed by atoms with E-state index in [0.717, 1.165) is 37.9 Å².